The van der Waals surface area contributed by atoms with Gasteiger partial charge in [-0.15, -0.1) is 6.58 Å². The number of halogens is 1. The average molecular weight is 311 g/mol. The van der Waals surface area contributed by atoms with Crippen LogP contribution in [0.3, 0.4) is 0 Å². The molecule has 1 aromatic heterocycles. The van der Waals surface area contributed by atoms with Gasteiger partial charge in [0.15, 0.2) is 0 Å². The lowest BCUT2D eigenvalue weighted by Crippen LogP contribution is -2.24. The van der Waals surface area contributed by atoms with Crippen molar-refractivity contribution < 1.29 is 9.50 Å². The monoisotopic (exact) mass is 311 g/mol. The van der Waals surface area contributed by atoms with Crippen LogP contribution in [0, 0.1) is 24.1 Å². The van der Waals surface area contributed by atoms with Gasteiger partial charge in [-0.25, -0.2) is 4.39 Å². The van der Waals surface area contributed by atoms with Crippen molar-refractivity contribution in [2.24, 2.45) is 4.99 Å². The zero-order valence-electron chi connectivity index (χ0n) is 12.5. The second-order valence-corrected chi connectivity index (χ2v) is 4.76. The molecule has 1 N–H and O–H groups in total. The molecule has 0 amide bonds. The molecule has 0 fully saturated rings. The third-order valence-electron chi connectivity index (χ3n) is 3.34. The molecule has 6 heteroatoms. The van der Waals surface area contributed by atoms with Crippen molar-refractivity contribution in [2.45, 2.75) is 13.5 Å². The van der Waals surface area contributed by atoms with Gasteiger partial charge in [0, 0.05) is 12.8 Å². The fourth-order valence-corrected chi connectivity index (χ4v) is 2.11. The van der Waals surface area contributed by atoms with Gasteiger partial charge in [-0.05, 0) is 24.6 Å². The van der Waals surface area contributed by atoms with E-state index in [9.17, 15) is 14.3 Å². The van der Waals surface area contributed by atoms with Gasteiger partial charge in [-0.1, -0.05) is 18.2 Å². The van der Waals surface area contributed by atoms with Crippen molar-refractivity contribution in [3.05, 3.63) is 69.8 Å². The van der Waals surface area contributed by atoms with Crippen molar-refractivity contribution >= 4 is 11.9 Å². The molecule has 0 saturated heterocycles. The van der Waals surface area contributed by atoms with E-state index in [1.807, 2.05) is 6.07 Å². The highest BCUT2D eigenvalue weighted by Crippen LogP contribution is 2.22. The summed E-state index contributed by atoms with van der Waals surface area (Å²) in [4.78, 5) is 16.1. The number of aromatic hydroxyl groups is 1. The fraction of sp³-hybridized carbons (Fsp3) is 0.118. The molecule has 1 aromatic carbocycles. The van der Waals surface area contributed by atoms with Gasteiger partial charge in [0.25, 0.3) is 5.56 Å². The number of aromatic nitrogens is 1. The molecule has 0 bridgehead atoms. The van der Waals surface area contributed by atoms with E-state index in [4.69, 9.17) is 5.26 Å². The van der Waals surface area contributed by atoms with Gasteiger partial charge >= 0.3 is 0 Å². The minimum Gasteiger partial charge on any atom is -0.494 e. The smallest absolute Gasteiger partial charge is 0.271 e. The summed E-state index contributed by atoms with van der Waals surface area (Å²) < 4.78 is 14.6. The van der Waals surface area contributed by atoms with Crippen LogP contribution in [0.15, 0.2) is 46.7 Å². The number of hydrogen-bond donors (Lipinski definition) is 1. The molecular weight excluding hydrogens is 297 g/mol. The summed E-state index contributed by atoms with van der Waals surface area (Å²) in [7, 11) is 0. The topological polar surface area (TPSA) is 78.4 Å². The van der Waals surface area contributed by atoms with Gasteiger partial charge < -0.3 is 5.11 Å². The number of benzene rings is 1. The first-order valence-corrected chi connectivity index (χ1v) is 6.77. The van der Waals surface area contributed by atoms with Crippen LogP contribution in [0.25, 0.3) is 0 Å². The van der Waals surface area contributed by atoms with E-state index < -0.39 is 11.4 Å². The minimum atomic E-state index is -0.606. The maximum absolute atomic E-state index is 13.6. The van der Waals surface area contributed by atoms with E-state index >= 15 is 0 Å². The highest BCUT2D eigenvalue weighted by Gasteiger charge is 2.17. The molecule has 0 unspecified atom stereocenters. The Bertz CT molecular complexity index is 892. The first-order valence-electron chi connectivity index (χ1n) is 6.77. The molecule has 2 aromatic rings. The Morgan fingerprint density at radius 3 is 2.78 bits per heavy atom. The predicted octanol–water partition coefficient (Wildman–Crippen LogP) is 2.81. The maximum atomic E-state index is 13.6. The molecule has 0 radical (unpaired) electrons. The van der Waals surface area contributed by atoms with Gasteiger partial charge in [-0.2, -0.15) is 5.26 Å². The number of nitriles is 1. The number of para-hydroxylation sites is 1. The van der Waals surface area contributed by atoms with Crippen LogP contribution in [0.5, 0.6) is 5.88 Å². The van der Waals surface area contributed by atoms with Crippen LogP contribution in [0.1, 0.15) is 16.7 Å². The summed E-state index contributed by atoms with van der Waals surface area (Å²) in [5, 5.41) is 19.4. The quantitative estimate of drug-likeness (QED) is 0.696. The molecule has 1 heterocycles. The number of hydrogen-bond acceptors (Lipinski definition) is 4. The number of pyridine rings is 1. The van der Waals surface area contributed by atoms with Crippen LogP contribution in [0.4, 0.5) is 10.1 Å². The Balaban J connectivity index is 2.65. The van der Waals surface area contributed by atoms with Crippen LogP contribution >= 0.6 is 0 Å². The molecule has 0 spiro atoms. The highest BCUT2D eigenvalue weighted by atomic mass is 19.1. The van der Waals surface area contributed by atoms with Gasteiger partial charge in [0.2, 0.25) is 5.88 Å². The van der Waals surface area contributed by atoms with Crippen molar-refractivity contribution in [1.82, 2.24) is 4.57 Å². The molecule has 0 saturated carbocycles. The van der Waals surface area contributed by atoms with Crippen molar-refractivity contribution in [3.8, 4) is 11.9 Å². The Morgan fingerprint density at radius 1 is 1.48 bits per heavy atom. The molecule has 23 heavy (non-hydrogen) atoms. The molecular formula is C17H14FN3O2. The summed E-state index contributed by atoms with van der Waals surface area (Å²) >= 11 is 0. The van der Waals surface area contributed by atoms with Crippen LogP contribution < -0.4 is 5.56 Å². The van der Waals surface area contributed by atoms with E-state index in [-0.39, 0.29) is 34.8 Å². The van der Waals surface area contributed by atoms with Crippen molar-refractivity contribution in [1.29, 1.82) is 5.26 Å². The molecule has 0 aliphatic heterocycles. The first-order chi connectivity index (χ1) is 11.0. The summed E-state index contributed by atoms with van der Waals surface area (Å²) in [6, 6.07) is 7.73. The summed E-state index contributed by atoms with van der Waals surface area (Å²) in [6.07, 6.45) is 2.67. The van der Waals surface area contributed by atoms with E-state index in [0.717, 1.165) is 4.57 Å². The first kappa shape index (κ1) is 16.2. The summed E-state index contributed by atoms with van der Waals surface area (Å²) in [5.74, 6) is -0.854. The molecule has 116 valence electrons. The predicted molar refractivity (Wildman–Crippen MR) is 85.7 cm³/mol. The van der Waals surface area contributed by atoms with Crippen LogP contribution in [-0.4, -0.2) is 15.9 Å². The zero-order chi connectivity index (χ0) is 17.0. The summed E-state index contributed by atoms with van der Waals surface area (Å²) in [6.45, 7) is 5.08. The second kappa shape index (κ2) is 6.71. The van der Waals surface area contributed by atoms with Gasteiger partial charge in [0.1, 0.15) is 17.4 Å². The Morgan fingerprint density at radius 2 is 2.17 bits per heavy atom. The largest absolute Gasteiger partial charge is 0.494 e. The van der Waals surface area contributed by atoms with Gasteiger partial charge in [-0.3, -0.25) is 14.4 Å². The lowest BCUT2D eigenvalue weighted by molar-refractivity contribution is 0.414. The zero-order valence-corrected chi connectivity index (χ0v) is 12.5. The molecule has 2 rings (SSSR count). The molecule has 5 nitrogen and oxygen atoms in total. The standard InChI is InChI=1S/C17H14FN3O2/c1-3-8-21-16(22)12(9-19)11(2)13(17(21)23)10-20-15-7-5-4-6-14(15)18/h3-7,10,23H,1,8H2,2H3. The van der Waals surface area contributed by atoms with E-state index in [0.29, 0.717) is 0 Å². The average Bonchev–Trinajstić information content (AvgIpc) is 2.53. The Labute approximate surface area is 132 Å². The van der Waals surface area contributed by atoms with Crippen LogP contribution in [0.2, 0.25) is 0 Å². The van der Waals surface area contributed by atoms with Crippen molar-refractivity contribution in [3.63, 3.8) is 0 Å². The minimum absolute atomic E-state index is 0.0418. The van der Waals surface area contributed by atoms with E-state index in [1.165, 1.54) is 37.4 Å². The van der Waals surface area contributed by atoms with Gasteiger partial charge in [0.05, 0.1) is 11.3 Å². The highest BCUT2D eigenvalue weighted by molar-refractivity contribution is 5.87. The lowest BCUT2D eigenvalue weighted by Gasteiger charge is -2.12. The SMILES string of the molecule is C=CCn1c(O)c(C=Nc2ccccc2F)c(C)c(C#N)c1=O. The normalized spacial score (nSPS) is 10.7. The van der Waals surface area contributed by atoms with E-state index in [1.54, 1.807) is 6.07 Å². The maximum Gasteiger partial charge on any atom is 0.271 e. The Kier molecular flexibility index (Phi) is 4.72. The van der Waals surface area contributed by atoms with E-state index in [2.05, 4.69) is 11.6 Å². The molecule has 0 aliphatic carbocycles. The fourth-order valence-electron chi connectivity index (χ4n) is 2.11. The summed E-state index contributed by atoms with van der Waals surface area (Å²) in [5.41, 5.74) is -0.141. The number of rotatable bonds is 4. The number of aliphatic imine (C=N–C) groups is 1. The van der Waals surface area contributed by atoms with Crippen molar-refractivity contribution in [2.75, 3.05) is 0 Å². The Hall–Kier alpha value is -3.20. The lowest BCUT2D eigenvalue weighted by atomic mass is 10.1. The third kappa shape index (κ3) is 3.04. The molecule has 0 aliphatic rings. The third-order valence-corrected chi connectivity index (χ3v) is 3.34. The second-order valence-electron chi connectivity index (χ2n) is 4.76. The number of nitrogens with zero attached hydrogens (tertiary/aromatic N) is 3. The van der Waals surface area contributed by atoms with Crippen LogP contribution in [-0.2, 0) is 6.54 Å². The molecule has 0 atom stereocenters. The number of allylic oxidation sites excluding steroid dienone is 1.